The molecule has 0 bridgehead atoms. The minimum absolute atomic E-state index is 0.0196. The van der Waals surface area contributed by atoms with E-state index < -0.39 is 9.05 Å². The third kappa shape index (κ3) is 3.20. The highest BCUT2D eigenvalue weighted by atomic mass is 35.7. The molecular formula is C11H13ClO3S. The molecule has 0 saturated carbocycles. The summed E-state index contributed by atoms with van der Waals surface area (Å²) in [4.78, 5) is 0. The lowest BCUT2D eigenvalue weighted by Crippen LogP contribution is -2.10. The summed E-state index contributed by atoms with van der Waals surface area (Å²) in [6, 6.07) is 6.02. The Morgan fingerprint density at radius 3 is 2.88 bits per heavy atom. The zero-order chi connectivity index (χ0) is 11.6. The van der Waals surface area contributed by atoms with Crippen molar-refractivity contribution in [3.63, 3.8) is 0 Å². The van der Waals surface area contributed by atoms with E-state index in [9.17, 15) is 8.42 Å². The van der Waals surface area contributed by atoms with Crippen molar-refractivity contribution < 1.29 is 13.2 Å². The lowest BCUT2D eigenvalue weighted by molar-refractivity contribution is 0.110. The Bertz CT molecular complexity index is 482. The molecule has 0 amide bonds. The Labute approximate surface area is 99.8 Å². The van der Waals surface area contributed by atoms with Gasteiger partial charge in [-0.05, 0) is 29.5 Å². The number of benzene rings is 1. The van der Waals surface area contributed by atoms with Gasteiger partial charge in [0.05, 0.1) is 19.0 Å². The van der Waals surface area contributed by atoms with Crippen LogP contribution in [0, 0.1) is 0 Å². The van der Waals surface area contributed by atoms with Gasteiger partial charge in [-0.15, -0.1) is 0 Å². The first-order valence-corrected chi connectivity index (χ1v) is 7.63. The molecule has 1 aliphatic rings. The molecule has 88 valence electrons. The molecule has 0 N–H and O–H groups in total. The van der Waals surface area contributed by atoms with Gasteiger partial charge in [0.25, 0.3) is 0 Å². The molecule has 0 unspecified atom stereocenters. The quantitative estimate of drug-likeness (QED) is 0.780. The normalized spacial score (nSPS) is 15.8. The van der Waals surface area contributed by atoms with Crippen LogP contribution in [0.3, 0.4) is 0 Å². The zero-order valence-corrected chi connectivity index (χ0v) is 10.4. The number of hydrogen-bond donors (Lipinski definition) is 0. The summed E-state index contributed by atoms with van der Waals surface area (Å²) < 4.78 is 27.0. The molecule has 1 aliphatic heterocycles. The summed E-state index contributed by atoms with van der Waals surface area (Å²) in [5.41, 5.74) is 3.45. The highest BCUT2D eigenvalue weighted by Crippen LogP contribution is 2.19. The minimum Gasteiger partial charge on any atom is -0.376 e. The van der Waals surface area contributed by atoms with E-state index in [1.54, 1.807) is 0 Å². The second kappa shape index (κ2) is 4.73. The second-order valence-electron chi connectivity index (χ2n) is 3.90. The van der Waals surface area contributed by atoms with Gasteiger partial charge in [0.15, 0.2) is 0 Å². The van der Waals surface area contributed by atoms with Crippen LogP contribution in [0.2, 0.25) is 0 Å². The van der Waals surface area contributed by atoms with Crippen LogP contribution in [-0.4, -0.2) is 20.8 Å². The van der Waals surface area contributed by atoms with E-state index in [-0.39, 0.29) is 5.75 Å². The predicted octanol–water partition coefficient (Wildman–Crippen LogP) is 1.87. The van der Waals surface area contributed by atoms with Gasteiger partial charge in [-0.1, -0.05) is 18.2 Å². The van der Waals surface area contributed by atoms with Gasteiger partial charge in [-0.2, -0.15) is 0 Å². The van der Waals surface area contributed by atoms with Crippen LogP contribution in [-0.2, 0) is 33.2 Å². The largest absolute Gasteiger partial charge is 0.376 e. The van der Waals surface area contributed by atoms with Crippen LogP contribution in [0.5, 0.6) is 0 Å². The van der Waals surface area contributed by atoms with Crippen molar-refractivity contribution in [1.29, 1.82) is 0 Å². The Balaban J connectivity index is 2.11. The SMILES string of the molecule is O=S(=O)(Cl)CCc1ccc2c(c1)COCC2. The van der Waals surface area contributed by atoms with Gasteiger partial charge in [-0.25, -0.2) is 8.42 Å². The molecule has 0 saturated heterocycles. The standard InChI is InChI=1S/C11H13ClO3S/c12-16(13,14)6-4-9-1-2-10-3-5-15-8-11(10)7-9/h1-2,7H,3-6,8H2. The van der Waals surface area contributed by atoms with Crippen molar-refractivity contribution in [2.75, 3.05) is 12.4 Å². The third-order valence-corrected chi connectivity index (χ3v) is 3.83. The monoisotopic (exact) mass is 260 g/mol. The first kappa shape index (κ1) is 11.9. The van der Waals surface area contributed by atoms with Crippen LogP contribution in [0.25, 0.3) is 0 Å². The first-order chi connectivity index (χ1) is 7.54. The Kier molecular flexibility index (Phi) is 3.52. The third-order valence-electron chi connectivity index (χ3n) is 2.68. The molecule has 0 fully saturated rings. The Morgan fingerprint density at radius 2 is 2.12 bits per heavy atom. The van der Waals surface area contributed by atoms with Crippen LogP contribution in [0.4, 0.5) is 0 Å². The smallest absolute Gasteiger partial charge is 0.232 e. The molecule has 0 atom stereocenters. The van der Waals surface area contributed by atoms with Crippen LogP contribution in [0.15, 0.2) is 18.2 Å². The molecule has 0 aliphatic carbocycles. The summed E-state index contributed by atoms with van der Waals surface area (Å²) >= 11 is 0. The van der Waals surface area contributed by atoms with E-state index in [4.69, 9.17) is 15.4 Å². The topological polar surface area (TPSA) is 43.4 Å². The van der Waals surface area contributed by atoms with Crippen LogP contribution in [0.1, 0.15) is 16.7 Å². The molecular weight excluding hydrogens is 248 g/mol. The summed E-state index contributed by atoms with van der Waals surface area (Å²) in [5.74, 6) is -0.0196. The first-order valence-electron chi connectivity index (χ1n) is 5.15. The maximum Gasteiger partial charge on any atom is 0.232 e. The fraction of sp³-hybridized carbons (Fsp3) is 0.455. The maximum absolute atomic E-state index is 10.8. The second-order valence-corrected chi connectivity index (χ2v) is 6.80. The van der Waals surface area contributed by atoms with Crippen LogP contribution >= 0.6 is 10.7 Å². The van der Waals surface area contributed by atoms with Crippen molar-refractivity contribution in [3.8, 4) is 0 Å². The van der Waals surface area contributed by atoms with E-state index in [2.05, 4.69) is 0 Å². The molecule has 1 aromatic rings. The molecule has 3 nitrogen and oxygen atoms in total. The highest BCUT2D eigenvalue weighted by molar-refractivity contribution is 8.13. The van der Waals surface area contributed by atoms with Crippen LogP contribution < -0.4 is 0 Å². The predicted molar refractivity (Wildman–Crippen MR) is 63.1 cm³/mol. The highest BCUT2D eigenvalue weighted by Gasteiger charge is 2.11. The van der Waals surface area contributed by atoms with Gasteiger partial charge < -0.3 is 4.74 Å². The molecule has 5 heteroatoms. The van der Waals surface area contributed by atoms with Crippen molar-refractivity contribution in [2.24, 2.45) is 0 Å². The molecule has 0 aromatic heterocycles. The molecule has 1 aromatic carbocycles. The molecule has 2 rings (SSSR count). The van der Waals surface area contributed by atoms with Gasteiger partial charge in [0.2, 0.25) is 9.05 Å². The lowest BCUT2D eigenvalue weighted by Gasteiger charge is -2.17. The fourth-order valence-corrected chi connectivity index (χ4v) is 2.53. The fourth-order valence-electron chi connectivity index (χ4n) is 1.82. The maximum atomic E-state index is 10.8. The van der Waals surface area contributed by atoms with Gasteiger partial charge in [0.1, 0.15) is 0 Å². The van der Waals surface area contributed by atoms with Gasteiger partial charge in [0, 0.05) is 10.7 Å². The lowest BCUT2D eigenvalue weighted by atomic mass is 10.00. The number of halogens is 1. The van der Waals surface area contributed by atoms with E-state index in [1.165, 1.54) is 5.56 Å². The van der Waals surface area contributed by atoms with Crippen molar-refractivity contribution in [1.82, 2.24) is 0 Å². The Morgan fingerprint density at radius 1 is 1.31 bits per heavy atom. The molecule has 1 heterocycles. The van der Waals surface area contributed by atoms with Crippen molar-refractivity contribution >= 4 is 19.7 Å². The molecule has 0 spiro atoms. The average Bonchev–Trinajstić information content (AvgIpc) is 2.25. The van der Waals surface area contributed by atoms with E-state index >= 15 is 0 Å². The summed E-state index contributed by atoms with van der Waals surface area (Å²) in [7, 11) is 1.77. The van der Waals surface area contributed by atoms with E-state index in [0.29, 0.717) is 13.0 Å². The zero-order valence-electron chi connectivity index (χ0n) is 8.78. The van der Waals surface area contributed by atoms with E-state index in [0.717, 1.165) is 24.2 Å². The number of fused-ring (bicyclic) bond motifs is 1. The summed E-state index contributed by atoms with van der Waals surface area (Å²) in [6.07, 6.45) is 1.39. The number of hydrogen-bond acceptors (Lipinski definition) is 3. The van der Waals surface area contributed by atoms with E-state index in [1.807, 2.05) is 18.2 Å². The minimum atomic E-state index is -3.40. The van der Waals surface area contributed by atoms with Gasteiger partial charge >= 0.3 is 0 Å². The van der Waals surface area contributed by atoms with Gasteiger partial charge in [-0.3, -0.25) is 0 Å². The van der Waals surface area contributed by atoms with Crippen molar-refractivity contribution in [3.05, 3.63) is 34.9 Å². The van der Waals surface area contributed by atoms with Crippen molar-refractivity contribution in [2.45, 2.75) is 19.4 Å². The number of aryl methyl sites for hydroxylation is 1. The number of ether oxygens (including phenoxy) is 1. The average molecular weight is 261 g/mol. The molecule has 16 heavy (non-hydrogen) atoms. The molecule has 0 radical (unpaired) electrons. The number of rotatable bonds is 3. The Hall–Kier alpha value is -0.580. The summed E-state index contributed by atoms with van der Waals surface area (Å²) in [6.45, 7) is 1.39. The summed E-state index contributed by atoms with van der Waals surface area (Å²) in [5, 5.41) is 0.